The molecule has 0 saturated heterocycles. The molecule has 4 N–H and O–H groups in total. The Hall–Kier alpha value is -4.07. The molecule has 0 fully saturated rings. The Balaban J connectivity index is 1.45. The second kappa shape index (κ2) is 9.92. The third-order valence-electron chi connectivity index (χ3n) is 4.09. The van der Waals surface area contributed by atoms with Crippen LogP contribution in [-0.2, 0) is 22.6 Å². The summed E-state index contributed by atoms with van der Waals surface area (Å²) in [5.41, 5.74) is 7.33. The summed E-state index contributed by atoms with van der Waals surface area (Å²) >= 11 is 0. The number of primary amides is 1. The van der Waals surface area contributed by atoms with E-state index in [2.05, 4.69) is 10.6 Å². The van der Waals surface area contributed by atoms with Gasteiger partial charge in [-0.1, -0.05) is 24.3 Å². The van der Waals surface area contributed by atoms with Crippen molar-refractivity contribution in [1.29, 1.82) is 0 Å². The fourth-order valence-corrected chi connectivity index (χ4v) is 2.66. The molecule has 2 aromatic carbocycles. The molecule has 0 saturated carbocycles. The number of amides is 3. The van der Waals surface area contributed by atoms with E-state index in [4.69, 9.17) is 14.9 Å². The van der Waals surface area contributed by atoms with Crippen LogP contribution in [0.25, 0.3) is 0 Å². The fourth-order valence-electron chi connectivity index (χ4n) is 2.66. The topological polar surface area (TPSA) is 124 Å². The van der Waals surface area contributed by atoms with E-state index in [9.17, 15) is 14.4 Å². The lowest BCUT2D eigenvalue weighted by Gasteiger charge is -2.09. The van der Waals surface area contributed by atoms with Crippen molar-refractivity contribution in [2.24, 2.45) is 5.73 Å². The van der Waals surface area contributed by atoms with Crippen molar-refractivity contribution in [1.82, 2.24) is 5.32 Å². The second-order valence-electron chi connectivity index (χ2n) is 6.48. The number of carbonyl (C=O) groups excluding carboxylic acids is 3. The largest absolute Gasteiger partial charge is 0.484 e. The van der Waals surface area contributed by atoms with E-state index in [1.165, 1.54) is 6.26 Å². The summed E-state index contributed by atoms with van der Waals surface area (Å²) in [5, 5.41) is 5.49. The number of benzene rings is 2. The van der Waals surface area contributed by atoms with Gasteiger partial charge in [-0.2, -0.15) is 0 Å². The fraction of sp³-hybridized carbons (Fsp3) is 0.136. The van der Waals surface area contributed by atoms with Crippen LogP contribution in [0.15, 0.2) is 71.3 Å². The zero-order valence-corrected chi connectivity index (χ0v) is 16.1. The first-order valence-corrected chi connectivity index (χ1v) is 9.20. The minimum atomic E-state index is -0.410. The lowest BCUT2D eigenvalue weighted by Crippen LogP contribution is -2.28. The summed E-state index contributed by atoms with van der Waals surface area (Å²) in [5.74, 6) is -0.320. The van der Waals surface area contributed by atoms with E-state index in [1.54, 1.807) is 54.6 Å². The maximum atomic E-state index is 12.0. The molecule has 8 heteroatoms. The number of rotatable bonds is 9. The van der Waals surface area contributed by atoms with Crippen molar-refractivity contribution in [3.8, 4) is 5.75 Å². The quantitative estimate of drug-likeness (QED) is 0.502. The number of nitrogens with two attached hydrogens (primary N) is 1. The van der Waals surface area contributed by atoms with Crippen LogP contribution in [0.4, 0.5) is 5.69 Å². The van der Waals surface area contributed by atoms with Crippen LogP contribution in [0.1, 0.15) is 21.7 Å². The summed E-state index contributed by atoms with van der Waals surface area (Å²) in [6.45, 7) is 0.133. The third-order valence-corrected chi connectivity index (χ3v) is 4.09. The number of carbonyl (C=O) groups is 3. The van der Waals surface area contributed by atoms with Gasteiger partial charge in [-0.3, -0.25) is 14.4 Å². The molecular weight excluding hydrogens is 386 g/mol. The molecule has 30 heavy (non-hydrogen) atoms. The minimum absolute atomic E-state index is 0.149. The van der Waals surface area contributed by atoms with Crippen LogP contribution in [0.5, 0.6) is 5.75 Å². The monoisotopic (exact) mass is 407 g/mol. The zero-order chi connectivity index (χ0) is 21.3. The van der Waals surface area contributed by atoms with E-state index >= 15 is 0 Å². The summed E-state index contributed by atoms with van der Waals surface area (Å²) < 4.78 is 10.5. The van der Waals surface area contributed by atoms with Crippen LogP contribution in [0, 0.1) is 0 Å². The molecule has 0 atom stereocenters. The van der Waals surface area contributed by atoms with Crippen LogP contribution < -0.4 is 21.1 Å². The standard InChI is InChI=1S/C22H21N3O5/c23-20(26)12-15-6-8-18(9-7-15)30-14-21(27)24-13-16-3-1-4-17(11-16)25-22(28)19-5-2-10-29-19/h1-11H,12-14H2,(H2,23,26)(H,24,27)(H,25,28). The molecule has 0 aliphatic heterocycles. The molecular formula is C22H21N3O5. The van der Waals surface area contributed by atoms with E-state index in [-0.39, 0.29) is 37.1 Å². The second-order valence-corrected chi connectivity index (χ2v) is 6.48. The van der Waals surface area contributed by atoms with Gasteiger partial charge in [0.1, 0.15) is 5.75 Å². The van der Waals surface area contributed by atoms with E-state index in [1.807, 2.05) is 6.07 Å². The van der Waals surface area contributed by atoms with Crippen molar-refractivity contribution in [2.45, 2.75) is 13.0 Å². The van der Waals surface area contributed by atoms with Gasteiger partial charge in [0.2, 0.25) is 5.91 Å². The highest BCUT2D eigenvalue weighted by Crippen LogP contribution is 2.14. The molecule has 8 nitrogen and oxygen atoms in total. The average molecular weight is 407 g/mol. The normalized spacial score (nSPS) is 10.3. The van der Waals surface area contributed by atoms with Crippen molar-refractivity contribution in [3.05, 3.63) is 83.8 Å². The first-order chi connectivity index (χ1) is 14.5. The van der Waals surface area contributed by atoms with Gasteiger partial charge in [0, 0.05) is 12.2 Å². The van der Waals surface area contributed by atoms with Crippen LogP contribution in [-0.4, -0.2) is 24.3 Å². The Bertz CT molecular complexity index is 1010. The van der Waals surface area contributed by atoms with Crippen molar-refractivity contribution >= 4 is 23.4 Å². The van der Waals surface area contributed by atoms with Crippen molar-refractivity contribution in [2.75, 3.05) is 11.9 Å². The SMILES string of the molecule is NC(=O)Cc1ccc(OCC(=O)NCc2cccc(NC(=O)c3ccco3)c2)cc1. The highest BCUT2D eigenvalue weighted by Gasteiger charge is 2.09. The van der Waals surface area contributed by atoms with Gasteiger partial charge in [-0.15, -0.1) is 0 Å². The molecule has 0 unspecified atom stereocenters. The molecule has 0 aliphatic rings. The first kappa shape index (κ1) is 20.7. The van der Waals surface area contributed by atoms with Gasteiger partial charge in [0.05, 0.1) is 12.7 Å². The first-order valence-electron chi connectivity index (χ1n) is 9.20. The van der Waals surface area contributed by atoms with E-state index in [0.717, 1.165) is 11.1 Å². The molecule has 1 aromatic heterocycles. The summed E-state index contributed by atoms with van der Waals surface area (Å²) in [6.07, 6.45) is 1.58. The van der Waals surface area contributed by atoms with Gasteiger partial charge in [-0.05, 0) is 47.5 Å². The zero-order valence-electron chi connectivity index (χ0n) is 16.1. The predicted molar refractivity (Wildman–Crippen MR) is 110 cm³/mol. The number of nitrogens with one attached hydrogen (secondary N) is 2. The Morgan fingerprint density at radius 3 is 2.47 bits per heavy atom. The maximum Gasteiger partial charge on any atom is 0.291 e. The lowest BCUT2D eigenvalue weighted by atomic mass is 10.1. The van der Waals surface area contributed by atoms with Gasteiger partial charge in [0.15, 0.2) is 12.4 Å². The van der Waals surface area contributed by atoms with Crippen molar-refractivity contribution in [3.63, 3.8) is 0 Å². The smallest absolute Gasteiger partial charge is 0.291 e. The highest BCUT2D eigenvalue weighted by atomic mass is 16.5. The van der Waals surface area contributed by atoms with E-state index in [0.29, 0.717) is 11.4 Å². The number of hydrogen-bond acceptors (Lipinski definition) is 5. The van der Waals surface area contributed by atoms with Crippen LogP contribution in [0.2, 0.25) is 0 Å². The van der Waals surface area contributed by atoms with Crippen LogP contribution in [0.3, 0.4) is 0 Å². The Morgan fingerprint density at radius 2 is 1.77 bits per heavy atom. The van der Waals surface area contributed by atoms with Gasteiger partial charge in [0.25, 0.3) is 11.8 Å². The maximum absolute atomic E-state index is 12.0. The highest BCUT2D eigenvalue weighted by molar-refractivity contribution is 6.02. The number of furan rings is 1. The van der Waals surface area contributed by atoms with Crippen molar-refractivity contribution < 1.29 is 23.5 Å². The lowest BCUT2D eigenvalue weighted by molar-refractivity contribution is -0.123. The number of hydrogen-bond donors (Lipinski definition) is 3. The molecule has 0 aliphatic carbocycles. The predicted octanol–water partition coefficient (Wildman–Crippen LogP) is 2.25. The molecule has 3 amide bonds. The van der Waals surface area contributed by atoms with Gasteiger partial charge >= 0.3 is 0 Å². The molecule has 0 spiro atoms. The summed E-state index contributed by atoms with van der Waals surface area (Å²) in [7, 11) is 0. The molecule has 3 aromatic rings. The summed E-state index contributed by atoms with van der Waals surface area (Å²) in [4.78, 5) is 35.0. The third kappa shape index (κ3) is 6.23. The Labute approximate surface area is 173 Å². The molecule has 0 bridgehead atoms. The minimum Gasteiger partial charge on any atom is -0.484 e. The van der Waals surface area contributed by atoms with Crippen LogP contribution >= 0.6 is 0 Å². The average Bonchev–Trinajstić information content (AvgIpc) is 3.27. The molecule has 0 radical (unpaired) electrons. The number of ether oxygens (including phenoxy) is 1. The number of anilines is 1. The molecule has 154 valence electrons. The molecule has 3 rings (SSSR count). The van der Waals surface area contributed by atoms with E-state index < -0.39 is 5.91 Å². The summed E-state index contributed by atoms with van der Waals surface area (Å²) in [6, 6.07) is 17.1. The Kier molecular flexibility index (Phi) is 6.83. The van der Waals surface area contributed by atoms with Gasteiger partial charge < -0.3 is 25.5 Å². The molecule has 1 heterocycles. The Morgan fingerprint density at radius 1 is 0.967 bits per heavy atom. The van der Waals surface area contributed by atoms with Gasteiger partial charge in [-0.25, -0.2) is 0 Å².